The van der Waals surface area contributed by atoms with Gasteiger partial charge in [-0.05, 0) is 50.6 Å². The van der Waals surface area contributed by atoms with Crippen LogP contribution in [0.5, 0.6) is 5.75 Å². The minimum absolute atomic E-state index is 0.00491. The van der Waals surface area contributed by atoms with E-state index in [9.17, 15) is 14.7 Å². The fourth-order valence-electron chi connectivity index (χ4n) is 2.56. The number of aromatic hydroxyl groups is 1. The van der Waals surface area contributed by atoms with Crippen molar-refractivity contribution in [2.45, 2.75) is 25.8 Å². The second kappa shape index (κ2) is 6.58. The fourth-order valence-corrected chi connectivity index (χ4v) is 2.56. The van der Waals surface area contributed by atoms with Gasteiger partial charge in [0.25, 0.3) is 5.91 Å². The van der Waals surface area contributed by atoms with E-state index in [-0.39, 0.29) is 24.2 Å². The van der Waals surface area contributed by atoms with Gasteiger partial charge >= 0.3 is 0 Å². The third-order valence-corrected chi connectivity index (χ3v) is 3.79. The molecule has 0 aromatic heterocycles. The summed E-state index contributed by atoms with van der Waals surface area (Å²) in [5.41, 5.74) is 6.35. The molecule has 21 heavy (non-hydrogen) atoms. The summed E-state index contributed by atoms with van der Waals surface area (Å²) in [6.45, 7) is 3.29. The average molecular weight is 291 g/mol. The topological polar surface area (TPSA) is 95.7 Å². The second-order valence-corrected chi connectivity index (χ2v) is 5.38. The van der Waals surface area contributed by atoms with Crippen LogP contribution in [-0.2, 0) is 4.79 Å². The molecule has 1 aromatic rings. The number of benzene rings is 1. The van der Waals surface area contributed by atoms with Gasteiger partial charge in [-0.1, -0.05) is 6.07 Å². The normalized spacial score (nSPS) is 15.7. The van der Waals surface area contributed by atoms with Crippen molar-refractivity contribution in [3.05, 3.63) is 29.3 Å². The smallest absolute Gasteiger partial charge is 0.254 e. The average Bonchev–Trinajstić information content (AvgIpc) is 2.47. The van der Waals surface area contributed by atoms with Gasteiger partial charge < -0.3 is 21.1 Å². The summed E-state index contributed by atoms with van der Waals surface area (Å²) < 4.78 is 0. The van der Waals surface area contributed by atoms with Gasteiger partial charge in [-0.3, -0.25) is 9.59 Å². The highest BCUT2D eigenvalue weighted by atomic mass is 16.3. The zero-order valence-corrected chi connectivity index (χ0v) is 12.1. The lowest BCUT2D eigenvalue weighted by molar-refractivity contribution is -0.119. The number of aryl methyl sites for hydroxylation is 1. The maximum atomic E-state index is 12.6. The quantitative estimate of drug-likeness (QED) is 0.747. The molecule has 4 N–H and O–H groups in total. The second-order valence-electron chi connectivity index (χ2n) is 5.38. The number of carbonyl (C=O) groups is 2. The standard InChI is InChI=1S/C15H21N3O3/c1-10-2-3-11(8-13(10)19)15(21)18(9-14(16)20)12-4-6-17-7-5-12/h2-3,8,12,17,19H,4-7,9H2,1H3,(H2,16,20). The van der Waals surface area contributed by atoms with Crippen molar-refractivity contribution in [3.63, 3.8) is 0 Å². The predicted octanol–water partition coefficient (Wildman–Crippen LogP) is 0.380. The van der Waals surface area contributed by atoms with E-state index in [0.29, 0.717) is 11.1 Å². The van der Waals surface area contributed by atoms with Crippen LogP contribution in [0.1, 0.15) is 28.8 Å². The van der Waals surface area contributed by atoms with E-state index in [1.165, 1.54) is 11.0 Å². The van der Waals surface area contributed by atoms with E-state index in [1.54, 1.807) is 19.1 Å². The van der Waals surface area contributed by atoms with Gasteiger partial charge in [-0.2, -0.15) is 0 Å². The van der Waals surface area contributed by atoms with Crippen LogP contribution >= 0.6 is 0 Å². The van der Waals surface area contributed by atoms with Crippen molar-refractivity contribution in [1.29, 1.82) is 0 Å². The van der Waals surface area contributed by atoms with Crippen molar-refractivity contribution in [1.82, 2.24) is 10.2 Å². The number of phenolic OH excluding ortho intramolecular Hbond substituents is 1. The van der Waals surface area contributed by atoms with Crippen LogP contribution in [0.2, 0.25) is 0 Å². The first-order valence-electron chi connectivity index (χ1n) is 7.08. The van der Waals surface area contributed by atoms with Gasteiger partial charge in [0.05, 0.1) is 6.54 Å². The summed E-state index contributed by atoms with van der Waals surface area (Å²) >= 11 is 0. The molecule has 0 bridgehead atoms. The summed E-state index contributed by atoms with van der Waals surface area (Å²) in [5, 5.41) is 13.0. The van der Waals surface area contributed by atoms with Crippen LogP contribution in [0.4, 0.5) is 0 Å². The highest BCUT2D eigenvalue weighted by molar-refractivity contribution is 5.97. The molecule has 1 fully saturated rings. The van der Waals surface area contributed by atoms with Crippen LogP contribution in [0.3, 0.4) is 0 Å². The first-order valence-corrected chi connectivity index (χ1v) is 7.08. The van der Waals surface area contributed by atoms with Gasteiger partial charge in [0.2, 0.25) is 5.91 Å². The molecule has 1 heterocycles. The van der Waals surface area contributed by atoms with E-state index in [1.807, 2.05) is 0 Å². The number of amides is 2. The number of nitrogens with one attached hydrogen (secondary N) is 1. The highest BCUT2D eigenvalue weighted by Crippen LogP contribution is 2.21. The molecule has 0 aliphatic carbocycles. The molecule has 6 nitrogen and oxygen atoms in total. The third-order valence-electron chi connectivity index (χ3n) is 3.79. The van der Waals surface area contributed by atoms with E-state index >= 15 is 0 Å². The Labute approximate surface area is 123 Å². The predicted molar refractivity (Wildman–Crippen MR) is 79.0 cm³/mol. The summed E-state index contributed by atoms with van der Waals surface area (Å²) in [5.74, 6) is -0.723. The number of nitrogens with zero attached hydrogens (tertiary/aromatic N) is 1. The highest BCUT2D eigenvalue weighted by Gasteiger charge is 2.27. The molecule has 0 radical (unpaired) electrons. The summed E-state index contributed by atoms with van der Waals surface area (Å²) in [6.07, 6.45) is 1.58. The summed E-state index contributed by atoms with van der Waals surface area (Å²) in [6, 6.07) is 4.78. The largest absolute Gasteiger partial charge is 0.508 e. The van der Waals surface area contributed by atoms with Gasteiger partial charge in [0, 0.05) is 11.6 Å². The number of hydrogen-bond donors (Lipinski definition) is 3. The first kappa shape index (κ1) is 15.3. The molecule has 1 aromatic carbocycles. The molecule has 2 rings (SSSR count). The minimum Gasteiger partial charge on any atom is -0.508 e. The molecule has 114 valence electrons. The van der Waals surface area contributed by atoms with Crippen molar-refractivity contribution in [2.24, 2.45) is 5.73 Å². The number of hydrogen-bond acceptors (Lipinski definition) is 4. The maximum Gasteiger partial charge on any atom is 0.254 e. The SMILES string of the molecule is Cc1ccc(C(=O)N(CC(N)=O)C2CCNCC2)cc1O. The Balaban J connectivity index is 2.23. The lowest BCUT2D eigenvalue weighted by atomic mass is 10.0. The number of piperidine rings is 1. The summed E-state index contributed by atoms with van der Waals surface area (Å²) in [7, 11) is 0. The number of primary amides is 1. The van der Waals surface area contributed by atoms with E-state index in [4.69, 9.17) is 5.73 Å². The van der Waals surface area contributed by atoms with Crippen LogP contribution < -0.4 is 11.1 Å². The molecule has 0 unspecified atom stereocenters. The zero-order chi connectivity index (χ0) is 15.4. The lowest BCUT2D eigenvalue weighted by Crippen LogP contribution is -2.49. The molecule has 1 aliphatic rings. The Morgan fingerprint density at radius 3 is 2.62 bits per heavy atom. The van der Waals surface area contributed by atoms with E-state index < -0.39 is 5.91 Å². The fraction of sp³-hybridized carbons (Fsp3) is 0.467. The van der Waals surface area contributed by atoms with Gasteiger partial charge in [0.15, 0.2) is 0 Å². The first-order chi connectivity index (χ1) is 9.99. The Morgan fingerprint density at radius 2 is 2.05 bits per heavy atom. The molecule has 6 heteroatoms. The molecular weight excluding hydrogens is 270 g/mol. The molecule has 0 saturated carbocycles. The number of rotatable bonds is 4. The van der Waals surface area contributed by atoms with E-state index in [2.05, 4.69) is 5.32 Å². The van der Waals surface area contributed by atoms with Crippen molar-refractivity contribution in [3.8, 4) is 5.75 Å². The summed E-state index contributed by atoms with van der Waals surface area (Å²) in [4.78, 5) is 25.4. The van der Waals surface area contributed by atoms with Crippen molar-refractivity contribution < 1.29 is 14.7 Å². The monoisotopic (exact) mass is 291 g/mol. The van der Waals surface area contributed by atoms with Gasteiger partial charge in [-0.25, -0.2) is 0 Å². The van der Waals surface area contributed by atoms with Gasteiger partial charge in [-0.15, -0.1) is 0 Å². The Kier molecular flexibility index (Phi) is 4.80. The number of carbonyl (C=O) groups excluding carboxylic acids is 2. The molecule has 2 amide bonds. The molecule has 1 saturated heterocycles. The zero-order valence-electron chi connectivity index (χ0n) is 12.1. The number of nitrogens with two attached hydrogens (primary N) is 1. The van der Waals surface area contributed by atoms with E-state index in [0.717, 1.165) is 25.9 Å². The van der Waals surface area contributed by atoms with Crippen LogP contribution in [-0.4, -0.2) is 47.5 Å². The minimum atomic E-state index is -0.529. The molecule has 1 aliphatic heterocycles. The van der Waals surface area contributed by atoms with Crippen LogP contribution in [0.15, 0.2) is 18.2 Å². The Morgan fingerprint density at radius 1 is 1.38 bits per heavy atom. The number of phenols is 1. The lowest BCUT2D eigenvalue weighted by Gasteiger charge is -2.34. The molecule has 0 spiro atoms. The Bertz CT molecular complexity index is 539. The molecular formula is C15H21N3O3. The van der Waals surface area contributed by atoms with Crippen molar-refractivity contribution >= 4 is 11.8 Å². The molecule has 0 atom stereocenters. The van der Waals surface area contributed by atoms with Crippen LogP contribution in [0, 0.1) is 6.92 Å². The maximum absolute atomic E-state index is 12.6. The van der Waals surface area contributed by atoms with Crippen molar-refractivity contribution in [2.75, 3.05) is 19.6 Å². The Hall–Kier alpha value is -2.08. The van der Waals surface area contributed by atoms with Crippen LogP contribution in [0.25, 0.3) is 0 Å². The third kappa shape index (κ3) is 3.72. The van der Waals surface area contributed by atoms with Gasteiger partial charge in [0.1, 0.15) is 5.75 Å².